The summed E-state index contributed by atoms with van der Waals surface area (Å²) in [6.07, 6.45) is 4.81. The Bertz CT molecular complexity index is 982. The molecule has 1 aliphatic rings. The van der Waals surface area contributed by atoms with Crippen LogP contribution in [0.1, 0.15) is 12.0 Å². The molecule has 6 nitrogen and oxygen atoms in total. The normalized spacial score (nSPS) is 15.4. The molecule has 0 radical (unpaired) electrons. The first-order valence-electron chi connectivity index (χ1n) is 11.0. The van der Waals surface area contributed by atoms with E-state index >= 15 is 0 Å². The average molecular weight is 438 g/mol. The molecule has 1 saturated heterocycles. The summed E-state index contributed by atoms with van der Waals surface area (Å²) < 4.78 is 2.01. The molecule has 164 valence electrons. The number of fused-ring (bicyclic) bond motifs is 1. The first-order valence-corrected chi connectivity index (χ1v) is 12.0. The van der Waals surface area contributed by atoms with Crippen molar-refractivity contribution in [3.63, 3.8) is 0 Å². The highest BCUT2D eigenvalue weighted by atomic mass is 32.2. The molecule has 1 fully saturated rings. The second-order valence-corrected chi connectivity index (χ2v) is 9.08. The number of likely N-dealkylation sites (N-methyl/N-ethyl adjacent to an activating group) is 1. The third-order valence-corrected chi connectivity index (χ3v) is 6.84. The van der Waals surface area contributed by atoms with Crippen LogP contribution >= 0.6 is 11.8 Å². The van der Waals surface area contributed by atoms with Gasteiger partial charge in [0.05, 0.1) is 5.52 Å². The Balaban J connectivity index is 1.27. The lowest BCUT2D eigenvalue weighted by Crippen LogP contribution is -2.45. The maximum Gasteiger partial charge on any atom is 0.239 e. The molecule has 0 atom stereocenters. The van der Waals surface area contributed by atoms with Crippen molar-refractivity contribution in [2.75, 3.05) is 46.3 Å². The van der Waals surface area contributed by atoms with Crippen LogP contribution in [0.5, 0.6) is 0 Å². The molecule has 31 heavy (non-hydrogen) atoms. The minimum absolute atomic E-state index is 0.0613. The molecule has 3 heterocycles. The van der Waals surface area contributed by atoms with Gasteiger partial charge in [0, 0.05) is 56.3 Å². The van der Waals surface area contributed by atoms with Gasteiger partial charge in [0.1, 0.15) is 11.6 Å². The minimum atomic E-state index is 0.0613. The van der Waals surface area contributed by atoms with Gasteiger partial charge in [-0.1, -0.05) is 30.3 Å². The van der Waals surface area contributed by atoms with Crippen LogP contribution in [0.3, 0.4) is 0 Å². The molecule has 1 aliphatic heterocycles. The molecule has 0 unspecified atom stereocenters. The summed E-state index contributed by atoms with van der Waals surface area (Å²) in [5.74, 6) is 0.942. The van der Waals surface area contributed by atoms with Gasteiger partial charge in [0.15, 0.2) is 0 Å². The second-order valence-electron chi connectivity index (χ2n) is 8.12. The largest absolute Gasteiger partial charge is 0.355 e. The Labute approximate surface area is 188 Å². The first kappa shape index (κ1) is 21.9. The smallest absolute Gasteiger partial charge is 0.239 e. The van der Waals surface area contributed by atoms with Crippen LogP contribution in [-0.4, -0.2) is 71.6 Å². The van der Waals surface area contributed by atoms with Crippen LogP contribution in [0.25, 0.3) is 10.9 Å². The highest BCUT2D eigenvalue weighted by Crippen LogP contribution is 2.29. The SMILES string of the molecule is CN1CCN(CCCNC(=O)Cn2ccc3c(SCc4ccccc4)nccc32)CC1. The number of piperazine rings is 1. The number of rotatable bonds is 9. The zero-order chi connectivity index (χ0) is 21.5. The van der Waals surface area contributed by atoms with Gasteiger partial charge in [-0.25, -0.2) is 4.98 Å². The molecule has 0 spiro atoms. The second kappa shape index (κ2) is 10.8. The summed E-state index contributed by atoms with van der Waals surface area (Å²) >= 11 is 1.73. The molecule has 7 heteroatoms. The van der Waals surface area contributed by atoms with E-state index in [0.717, 1.165) is 67.4 Å². The first-order chi connectivity index (χ1) is 15.2. The molecule has 2 aromatic heterocycles. The van der Waals surface area contributed by atoms with E-state index in [1.165, 1.54) is 5.56 Å². The number of amides is 1. The fourth-order valence-electron chi connectivity index (χ4n) is 3.89. The number of nitrogens with zero attached hydrogens (tertiary/aromatic N) is 4. The fraction of sp³-hybridized carbons (Fsp3) is 0.417. The van der Waals surface area contributed by atoms with E-state index in [2.05, 4.69) is 57.5 Å². The number of carbonyl (C=O) groups excluding carboxylic acids is 1. The molecule has 3 aromatic rings. The van der Waals surface area contributed by atoms with Gasteiger partial charge in [0.2, 0.25) is 5.91 Å². The lowest BCUT2D eigenvalue weighted by atomic mass is 10.2. The summed E-state index contributed by atoms with van der Waals surface area (Å²) in [5.41, 5.74) is 2.33. The van der Waals surface area contributed by atoms with Gasteiger partial charge in [-0.3, -0.25) is 4.79 Å². The zero-order valence-corrected chi connectivity index (χ0v) is 19.0. The topological polar surface area (TPSA) is 53.4 Å². The van der Waals surface area contributed by atoms with Crippen molar-refractivity contribution in [2.45, 2.75) is 23.7 Å². The van der Waals surface area contributed by atoms with E-state index in [9.17, 15) is 4.79 Å². The van der Waals surface area contributed by atoms with E-state index in [-0.39, 0.29) is 5.91 Å². The summed E-state index contributed by atoms with van der Waals surface area (Å²) in [6.45, 7) is 6.63. The fourth-order valence-corrected chi connectivity index (χ4v) is 4.85. The van der Waals surface area contributed by atoms with Gasteiger partial charge < -0.3 is 19.7 Å². The van der Waals surface area contributed by atoms with Crippen molar-refractivity contribution < 1.29 is 4.79 Å². The molecule has 1 aromatic carbocycles. The molecule has 1 amide bonds. The van der Waals surface area contributed by atoms with Gasteiger partial charge in [-0.2, -0.15) is 0 Å². The van der Waals surface area contributed by atoms with Gasteiger partial charge >= 0.3 is 0 Å². The highest BCUT2D eigenvalue weighted by molar-refractivity contribution is 7.98. The van der Waals surface area contributed by atoms with E-state index in [1.807, 2.05) is 29.1 Å². The maximum atomic E-state index is 12.5. The number of nitrogens with one attached hydrogen (secondary N) is 1. The maximum absolute atomic E-state index is 12.5. The molecular weight excluding hydrogens is 406 g/mol. The molecule has 4 rings (SSSR count). The van der Waals surface area contributed by atoms with Crippen LogP contribution in [0.2, 0.25) is 0 Å². The number of thioether (sulfide) groups is 1. The Morgan fingerprint density at radius 3 is 2.71 bits per heavy atom. The van der Waals surface area contributed by atoms with E-state index in [1.54, 1.807) is 11.8 Å². The molecule has 1 N–H and O–H groups in total. The number of aromatic nitrogens is 2. The molecular formula is C24H31N5OS. The number of pyridine rings is 1. The molecule has 0 bridgehead atoms. The van der Waals surface area contributed by atoms with Crippen LogP contribution in [0.15, 0.2) is 59.9 Å². The van der Waals surface area contributed by atoms with E-state index in [4.69, 9.17) is 0 Å². The number of benzene rings is 1. The third kappa shape index (κ3) is 6.09. The average Bonchev–Trinajstić information content (AvgIpc) is 3.20. The Morgan fingerprint density at radius 1 is 1.10 bits per heavy atom. The van der Waals surface area contributed by atoms with Crippen LogP contribution in [0, 0.1) is 0 Å². The molecule has 0 aliphatic carbocycles. The summed E-state index contributed by atoms with van der Waals surface area (Å²) in [7, 11) is 2.17. The van der Waals surface area contributed by atoms with Crippen molar-refractivity contribution in [2.24, 2.45) is 0 Å². The Morgan fingerprint density at radius 2 is 1.90 bits per heavy atom. The summed E-state index contributed by atoms with van der Waals surface area (Å²) in [6, 6.07) is 14.5. The minimum Gasteiger partial charge on any atom is -0.355 e. The molecule has 0 saturated carbocycles. The number of hydrogen-bond donors (Lipinski definition) is 1. The Hall–Kier alpha value is -2.35. The van der Waals surface area contributed by atoms with Crippen molar-refractivity contribution in [1.29, 1.82) is 0 Å². The Kier molecular flexibility index (Phi) is 7.61. The van der Waals surface area contributed by atoms with Crippen LogP contribution in [-0.2, 0) is 17.1 Å². The lowest BCUT2D eigenvalue weighted by molar-refractivity contribution is -0.121. The van der Waals surface area contributed by atoms with E-state index < -0.39 is 0 Å². The zero-order valence-electron chi connectivity index (χ0n) is 18.2. The van der Waals surface area contributed by atoms with Crippen molar-refractivity contribution in [3.8, 4) is 0 Å². The highest BCUT2D eigenvalue weighted by Gasteiger charge is 2.13. The monoisotopic (exact) mass is 437 g/mol. The van der Waals surface area contributed by atoms with Crippen molar-refractivity contribution in [1.82, 2.24) is 24.7 Å². The predicted molar refractivity (Wildman–Crippen MR) is 127 cm³/mol. The predicted octanol–water partition coefficient (Wildman–Crippen LogP) is 3.08. The van der Waals surface area contributed by atoms with Crippen LogP contribution < -0.4 is 5.32 Å². The van der Waals surface area contributed by atoms with Crippen molar-refractivity contribution >= 4 is 28.6 Å². The quantitative estimate of drug-likeness (QED) is 0.412. The van der Waals surface area contributed by atoms with Crippen molar-refractivity contribution in [3.05, 3.63) is 60.4 Å². The standard InChI is InChI=1S/C24H31N5OS/c1-27-14-16-28(17-15-27)12-5-10-25-23(30)18-29-13-9-21-22(29)8-11-26-24(21)31-19-20-6-3-2-4-7-20/h2-4,6-9,11,13H,5,10,12,14-19H2,1H3,(H,25,30). The van der Waals surface area contributed by atoms with E-state index in [0.29, 0.717) is 6.54 Å². The van der Waals surface area contributed by atoms with Gasteiger partial charge in [0.25, 0.3) is 0 Å². The van der Waals surface area contributed by atoms with Gasteiger partial charge in [-0.15, -0.1) is 11.8 Å². The number of hydrogen-bond acceptors (Lipinski definition) is 5. The summed E-state index contributed by atoms with van der Waals surface area (Å²) in [4.78, 5) is 21.9. The van der Waals surface area contributed by atoms with Crippen LogP contribution in [0.4, 0.5) is 0 Å². The summed E-state index contributed by atoms with van der Waals surface area (Å²) in [5, 5.41) is 5.19. The van der Waals surface area contributed by atoms with Gasteiger partial charge in [-0.05, 0) is 37.7 Å². The number of carbonyl (C=O) groups is 1. The third-order valence-electron chi connectivity index (χ3n) is 5.76. The lowest BCUT2D eigenvalue weighted by Gasteiger charge is -2.32.